The fraction of sp³-hybridized carbons (Fsp3) is 0.448. The van der Waals surface area contributed by atoms with E-state index in [2.05, 4.69) is 41.9 Å². The first-order valence-corrected chi connectivity index (χ1v) is 17.4. The zero-order valence-corrected chi connectivity index (χ0v) is 28.2. The molecule has 0 aliphatic carbocycles. The molecule has 7 amide bonds. The van der Waals surface area contributed by atoms with Gasteiger partial charge in [0.25, 0.3) is 0 Å². The van der Waals surface area contributed by atoms with Crippen molar-refractivity contribution in [3.8, 4) is 5.75 Å². The Hall–Kier alpha value is -4.82. The second-order valence-corrected chi connectivity index (χ2v) is 13.6. The molecule has 2 heterocycles. The van der Waals surface area contributed by atoms with Crippen LogP contribution in [-0.4, -0.2) is 116 Å². The van der Waals surface area contributed by atoms with Crippen LogP contribution >= 0.6 is 21.6 Å². The molecule has 1 aliphatic rings. The van der Waals surface area contributed by atoms with E-state index in [0.29, 0.717) is 11.3 Å². The second kappa shape index (κ2) is 18.7. The van der Waals surface area contributed by atoms with E-state index in [1.54, 1.807) is 12.1 Å². The zero-order chi connectivity index (χ0) is 36.1. The van der Waals surface area contributed by atoms with Gasteiger partial charge < -0.3 is 52.8 Å². The molecule has 0 bridgehead atoms. The van der Waals surface area contributed by atoms with E-state index in [1.807, 2.05) is 0 Å². The average Bonchev–Trinajstić information content (AvgIpc) is 3.56. The number of imidazole rings is 1. The van der Waals surface area contributed by atoms with Crippen molar-refractivity contribution < 1.29 is 43.8 Å². The number of hydrogen-bond donors (Lipinski definition) is 10. The van der Waals surface area contributed by atoms with Crippen LogP contribution in [0.3, 0.4) is 0 Å². The third-order valence-corrected chi connectivity index (χ3v) is 9.45. The number of amides is 7. The van der Waals surface area contributed by atoms with Gasteiger partial charge in [-0.05, 0) is 24.6 Å². The Kier molecular flexibility index (Phi) is 14.7. The fourth-order valence-electron chi connectivity index (χ4n) is 4.48. The molecule has 1 aromatic heterocycles. The Morgan fingerprint density at radius 1 is 1.04 bits per heavy atom. The van der Waals surface area contributed by atoms with Crippen LogP contribution in [0.15, 0.2) is 36.8 Å². The summed E-state index contributed by atoms with van der Waals surface area (Å²) in [5, 5.41) is 34.6. The molecule has 1 fully saturated rings. The van der Waals surface area contributed by atoms with E-state index in [-0.39, 0.29) is 30.1 Å². The summed E-state index contributed by atoms with van der Waals surface area (Å²) in [4.78, 5) is 96.6. The molecular weight excluding hydrogens is 683 g/mol. The lowest BCUT2D eigenvalue weighted by Crippen LogP contribution is -2.59. The van der Waals surface area contributed by atoms with Gasteiger partial charge in [0.2, 0.25) is 41.4 Å². The van der Waals surface area contributed by atoms with Crippen molar-refractivity contribution in [1.29, 1.82) is 0 Å². The van der Waals surface area contributed by atoms with E-state index in [0.717, 1.165) is 28.5 Å². The van der Waals surface area contributed by atoms with E-state index < -0.39 is 84.2 Å². The first kappa shape index (κ1) is 38.6. The molecule has 1 saturated heterocycles. The van der Waals surface area contributed by atoms with Gasteiger partial charge in [-0.25, -0.2) is 4.98 Å². The lowest BCUT2D eigenvalue weighted by molar-refractivity contribution is -0.134. The molecule has 6 atom stereocenters. The maximum absolute atomic E-state index is 13.6. The van der Waals surface area contributed by atoms with Crippen molar-refractivity contribution in [2.24, 2.45) is 5.73 Å². The van der Waals surface area contributed by atoms with Crippen LogP contribution in [0.25, 0.3) is 0 Å². The van der Waals surface area contributed by atoms with Gasteiger partial charge in [-0.3, -0.25) is 33.6 Å². The van der Waals surface area contributed by atoms with Crippen LogP contribution in [0.4, 0.5) is 0 Å². The number of phenolic OH excluding ortho intramolecular Hbond substituents is 1. The van der Waals surface area contributed by atoms with Crippen LogP contribution in [0.2, 0.25) is 0 Å². The number of nitrogens with one attached hydrogen (secondary N) is 7. The zero-order valence-electron chi connectivity index (χ0n) is 26.6. The summed E-state index contributed by atoms with van der Waals surface area (Å²) in [5.74, 6) is -5.53. The average molecular weight is 722 g/mol. The topological polar surface area (TPSA) is 287 Å². The number of phenols is 1. The third-order valence-electron chi connectivity index (χ3n) is 7.03. The lowest BCUT2D eigenvalue weighted by atomic mass is 10.0. The van der Waals surface area contributed by atoms with Crippen LogP contribution < -0.4 is 37.6 Å². The molecule has 266 valence electrons. The second-order valence-electron chi connectivity index (χ2n) is 11.1. The number of carbonyl (C=O) groups is 7. The van der Waals surface area contributed by atoms with Gasteiger partial charge in [0.1, 0.15) is 36.0 Å². The number of aliphatic hydroxyl groups excluding tert-OH is 1. The highest BCUT2D eigenvalue weighted by molar-refractivity contribution is 8.76. The van der Waals surface area contributed by atoms with Crippen molar-refractivity contribution in [2.45, 2.75) is 63.0 Å². The third kappa shape index (κ3) is 12.6. The molecule has 11 N–H and O–H groups in total. The summed E-state index contributed by atoms with van der Waals surface area (Å²) >= 11 is 0. The standard InChI is InChI=1S/C29H39N9O9S2/c1-14(39)24(34-15(2)40)29(47)38-21-11-48-49-12-22(28(46)36-19(25(30)43)8-17-9-31-13-33-17)37-27(45)20(35-23(42)10-32-26(21)44)7-16-3-5-18(41)6-4-16/h3-6,9,13-14,19-22,24,39,41H,7-8,10-12H2,1-2H3,(H2,30,43)(H,31,33)(H,32,44)(H,34,40)(H,35,42)(H,36,46)(H,37,45)(H,38,47)/t14-,19+,20+,21+,22+,24+/m1/s1. The molecule has 0 spiro atoms. The number of aromatic nitrogens is 2. The van der Waals surface area contributed by atoms with Crippen molar-refractivity contribution in [1.82, 2.24) is 41.9 Å². The Balaban J connectivity index is 1.86. The predicted octanol–water partition coefficient (Wildman–Crippen LogP) is -3.28. The highest BCUT2D eigenvalue weighted by Gasteiger charge is 2.32. The highest BCUT2D eigenvalue weighted by atomic mass is 33.1. The Labute approximate surface area is 288 Å². The maximum atomic E-state index is 13.6. The molecule has 1 aliphatic heterocycles. The number of rotatable bonds is 11. The summed E-state index contributed by atoms with van der Waals surface area (Å²) in [7, 11) is 2.12. The largest absolute Gasteiger partial charge is 0.508 e. The SMILES string of the molecule is CC(=O)N[C@H](C(=O)N[C@H]1CSSC[C@@H](C(=O)N[C@@H](Cc2cnc[nH]2)C(N)=O)NC(=O)[C@H](Cc2ccc(O)cc2)NC(=O)CNC1=O)[C@@H](C)O. The van der Waals surface area contributed by atoms with Gasteiger partial charge in [0.15, 0.2) is 0 Å². The van der Waals surface area contributed by atoms with Crippen molar-refractivity contribution in [3.05, 3.63) is 48.0 Å². The van der Waals surface area contributed by atoms with E-state index in [4.69, 9.17) is 5.73 Å². The first-order valence-electron chi connectivity index (χ1n) is 15.0. The van der Waals surface area contributed by atoms with Gasteiger partial charge >= 0.3 is 0 Å². The van der Waals surface area contributed by atoms with Gasteiger partial charge in [-0.15, -0.1) is 0 Å². The molecule has 1 aromatic carbocycles. The van der Waals surface area contributed by atoms with Crippen LogP contribution in [-0.2, 0) is 46.4 Å². The van der Waals surface area contributed by atoms with Crippen molar-refractivity contribution >= 4 is 62.9 Å². The fourth-order valence-corrected chi connectivity index (χ4v) is 6.81. The van der Waals surface area contributed by atoms with Crippen molar-refractivity contribution in [2.75, 3.05) is 18.1 Å². The number of aliphatic hydroxyl groups is 1. The number of primary amides is 1. The number of hydrogen-bond acceptors (Lipinski definition) is 12. The maximum Gasteiger partial charge on any atom is 0.245 e. The quantitative estimate of drug-likeness (QED) is 0.102. The molecule has 49 heavy (non-hydrogen) atoms. The van der Waals surface area contributed by atoms with Crippen LogP contribution in [0.1, 0.15) is 25.1 Å². The summed E-state index contributed by atoms with van der Waals surface area (Å²) in [6.07, 6.45) is 1.48. The van der Waals surface area contributed by atoms with Crippen LogP contribution in [0, 0.1) is 0 Å². The molecule has 20 heteroatoms. The summed E-state index contributed by atoms with van der Waals surface area (Å²) in [6, 6.07) is -0.429. The molecule has 0 unspecified atom stereocenters. The van der Waals surface area contributed by atoms with E-state index in [9.17, 15) is 43.8 Å². The van der Waals surface area contributed by atoms with Crippen molar-refractivity contribution in [3.63, 3.8) is 0 Å². The highest BCUT2D eigenvalue weighted by Crippen LogP contribution is 2.24. The molecule has 2 aromatic rings. The summed E-state index contributed by atoms with van der Waals surface area (Å²) in [5.41, 5.74) is 6.61. The number of carbonyl (C=O) groups excluding carboxylic acids is 7. The number of nitrogens with zero attached hydrogens (tertiary/aromatic N) is 1. The predicted molar refractivity (Wildman–Crippen MR) is 178 cm³/mol. The Bertz CT molecular complexity index is 1490. The number of H-pyrrole nitrogens is 1. The number of nitrogens with two attached hydrogens (primary N) is 1. The van der Waals surface area contributed by atoms with Gasteiger partial charge in [0.05, 0.1) is 19.0 Å². The molecule has 18 nitrogen and oxygen atoms in total. The number of benzene rings is 1. The normalized spacial score (nSPS) is 21.0. The molecule has 0 radical (unpaired) electrons. The lowest BCUT2D eigenvalue weighted by Gasteiger charge is -2.26. The van der Waals surface area contributed by atoms with Gasteiger partial charge in [0, 0.05) is 43.2 Å². The molecule has 3 rings (SSSR count). The molecule has 0 saturated carbocycles. The molecular formula is C29H39N9O9S2. The van der Waals surface area contributed by atoms with E-state index >= 15 is 0 Å². The summed E-state index contributed by atoms with van der Waals surface area (Å²) < 4.78 is 0. The number of aromatic hydroxyl groups is 1. The van der Waals surface area contributed by atoms with Gasteiger partial charge in [-0.2, -0.15) is 0 Å². The monoisotopic (exact) mass is 721 g/mol. The Morgan fingerprint density at radius 3 is 2.35 bits per heavy atom. The minimum atomic E-state index is -1.37. The Morgan fingerprint density at radius 2 is 1.73 bits per heavy atom. The van der Waals surface area contributed by atoms with Gasteiger partial charge in [-0.1, -0.05) is 33.7 Å². The number of aromatic amines is 1. The van der Waals surface area contributed by atoms with E-state index in [1.165, 1.54) is 31.6 Å². The summed E-state index contributed by atoms with van der Waals surface area (Å²) in [6.45, 7) is 1.85. The van der Waals surface area contributed by atoms with Crippen LogP contribution in [0.5, 0.6) is 5.75 Å². The minimum Gasteiger partial charge on any atom is -0.508 e. The minimum absolute atomic E-state index is 0.00834. The first-order chi connectivity index (χ1) is 23.2. The smallest absolute Gasteiger partial charge is 0.245 e.